The number of pyridine rings is 3. The Hall–Kier alpha value is -4.00. The summed E-state index contributed by atoms with van der Waals surface area (Å²) in [5.41, 5.74) is 5.58. The van der Waals surface area contributed by atoms with Gasteiger partial charge in [-0.05, 0) is 25.0 Å². The van der Waals surface area contributed by atoms with Crippen LogP contribution in [0.2, 0.25) is 0 Å². The molecule has 36 heavy (non-hydrogen) atoms. The Kier molecular flexibility index (Phi) is 6.08. The van der Waals surface area contributed by atoms with Crippen molar-refractivity contribution in [3.63, 3.8) is 0 Å². The third-order valence-electron chi connectivity index (χ3n) is 5.72. The Bertz CT molecular complexity index is 1430. The van der Waals surface area contributed by atoms with Crippen molar-refractivity contribution in [1.29, 1.82) is 0 Å². The molecule has 0 spiro atoms. The lowest BCUT2D eigenvalue weighted by molar-refractivity contribution is -0.136. The maximum absolute atomic E-state index is 14.0. The zero-order valence-electron chi connectivity index (χ0n) is 18.6. The van der Waals surface area contributed by atoms with Gasteiger partial charge in [-0.3, -0.25) is 4.98 Å². The lowest BCUT2D eigenvalue weighted by atomic mass is 10.0. The Labute approximate surface area is 201 Å². The number of hydrogen-bond acceptors (Lipinski definition) is 8. The van der Waals surface area contributed by atoms with Crippen molar-refractivity contribution in [3.8, 4) is 11.4 Å². The fourth-order valence-corrected chi connectivity index (χ4v) is 4.11. The molecule has 3 N–H and O–H groups in total. The van der Waals surface area contributed by atoms with Gasteiger partial charge in [-0.2, -0.15) is 13.2 Å². The number of fused-ring (bicyclic) bond motifs is 1. The van der Waals surface area contributed by atoms with Crippen molar-refractivity contribution < 1.29 is 22.0 Å². The first-order chi connectivity index (χ1) is 17.2. The molecule has 1 saturated heterocycles. The zero-order valence-corrected chi connectivity index (χ0v) is 18.6. The minimum Gasteiger partial charge on any atom is -0.354 e. The van der Waals surface area contributed by atoms with Crippen LogP contribution in [0.15, 0.2) is 43.0 Å². The van der Waals surface area contributed by atoms with Gasteiger partial charge in [0.25, 0.3) is 0 Å². The van der Waals surface area contributed by atoms with Crippen LogP contribution in [0.25, 0.3) is 22.3 Å². The molecule has 0 unspecified atom stereocenters. The first-order valence-corrected chi connectivity index (χ1v) is 11.0. The highest BCUT2D eigenvalue weighted by atomic mass is 19.4. The van der Waals surface area contributed by atoms with Gasteiger partial charge in [0.15, 0.2) is 17.5 Å². The molecule has 5 rings (SSSR count). The highest BCUT2D eigenvalue weighted by Gasteiger charge is 2.36. The summed E-state index contributed by atoms with van der Waals surface area (Å²) in [7, 11) is 0. The normalized spacial score (nSPS) is 16.4. The van der Waals surface area contributed by atoms with E-state index in [1.807, 2.05) is 0 Å². The standard InChI is InChI=1S/C23H19F5N8/c24-13-7-16(25)21(32-8-13)34-18-6-12(3-4-31-18)20-33-17-10-30-9-15(23(26,27)28)19(17)22(35-20)36-5-1-2-14(29)11-36/h3-4,6-10,14H,1-2,5,11,29H2,(H,31,32,34)/t14-/m0/s1. The number of rotatable bonds is 4. The second kappa shape index (κ2) is 9.22. The van der Waals surface area contributed by atoms with Crippen molar-refractivity contribution in [2.75, 3.05) is 23.3 Å². The van der Waals surface area contributed by atoms with Crippen LogP contribution >= 0.6 is 0 Å². The van der Waals surface area contributed by atoms with Crippen molar-refractivity contribution in [2.24, 2.45) is 5.73 Å². The van der Waals surface area contributed by atoms with Crippen molar-refractivity contribution >= 4 is 28.4 Å². The number of nitrogens with zero attached hydrogens (tertiary/aromatic N) is 6. The SMILES string of the molecule is N[C@H]1CCCN(c2nc(-c3ccnc(Nc4ncc(F)cc4F)c3)nc3cncc(C(F)(F)F)c23)C1. The number of nitrogens with two attached hydrogens (primary N) is 1. The lowest BCUT2D eigenvalue weighted by Crippen LogP contribution is -2.43. The summed E-state index contributed by atoms with van der Waals surface area (Å²) in [5, 5.41) is 2.50. The van der Waals surface area contributed by atoms with Gasteiger partial charge in [0.2, 0.25) is 0 Å². The molecule has 0 radical (unpaired) electrons. The topological polar surface area (TPSA) is 106 Å². The number of halogens is 5. The maximum Gasteiger partial charge on any atom is 0.418 e. The van der Waals surface area contributed by atoms with Crippen molar-refractivity contribution in [2.45, 2.75) is 25.1 Å². The summed E-state index contributed by atoms with van der Waals surface area (Å²) in [6.07, 6.45) is 1.06. The van der Waals surface area contributed by atoms with Gasteiger partial charge in [0, 0.05) is 43.2 Å². The largest absolute Gasteiger partial charge is 0.418 e. The summed E-state index contributed by atoms with van der Waals surface area (Å²) in [5.74, 6) is -1.62. The summed E-state index contributed by atoms with van der Waals surface area (Å²) < 4.78 is 68.8. The third-order valence-corrected chi connectivity index (χ3v) is 5.72. The number of piperidine rings is 1. The van der Waals surface area contributed by atoms with Crippen LogP contribution in [0.5, 0.6) is 0 Å². The quantitative estimate of drug-likeness (QED) is 0.395. The van der Waals surface area contributed by atoms with E-state index in [-0.39, 0.29) is 40.2 Å². The molecule has 1 fully saturated rings. The molecule has 0 saturated carbocycles. The van der Waals surface area contributed by atoms with Gasteiger partial charge in [0.1, 0.15) is 17.5 Å². The van der Waals surface area contributed by atoms with Crippen LogP contribution in [0, 0.1) is 11.6 Å². The van der Waals surface area contributed by atoms with Crippen molar-refractivity contribution in [1.82, 2.24) is 24.9 Å². The molecule has 1 aliphatic heterocycles. The van der Waals surface area contributed by atoms with E-state index in [9.17, 15) is 22.0 Å². The van der Waals surface area contributed by atoms with Gasteiger partial charge < -0.3 is 16.0 Å². The van der Waals surface area contributed by atoms with Crippen LogP contribution in [0.4, 0.5) is 39.4 Å². The van der Waals surface area contributed by atoms with Crippen LogP contribution < -0.4 is 16.0 Å². The number of aromatic nitrogens is 5. The van der Waals surface area contributed by atoms with E-state index in [0.717, 1.165) is 18.8 Å². The molecule has 186 valence electrons. The Morgan fingerprint density at radius 3 is 2.64 bits per heavy atom. The van der Waals surface area contributed by atoms with Gasteiger partial charge in [-0.25, -0.2) is 28.7 Å². The molecule has 0 aliphatic carbocycles. The van der Waals surface area contributed by atoms with Gasteiger partial charge in [0.05, 0.1) is 28.9 Å². The highest BCUT2D eigenvalue weighted by Crippen LogP contribution is 2.39. The minimum absolute atomic E-state index is 0.0153. The van der Waals surface area contributed by atoms with Crippen LogP contribution in [-0.2, 0) is 6.18 Å². The maximum atomic E-state index is 14.0. The molecule has 1 atom stereocenters. The van der Waals surface area contributed by atoms with Crippen LogP contribution in [0.3, 0.4) is 0 Å². The predicted octanol–water partition coefficient (Wildman–Crippen LogP) is 4.45. The van der Waals surface area contributed by atoms with Gasteiger partial charge in [-0.15, -0.1) is 0 Å². The molecule has 0 amide bonds. The fraction of sp³-hybridized carbons (Fsp3) is 0.261. The van der Waals surface area contributed by atoms with E-state index in [2.05, 4.69) is 30.2 Å². The first-order valence-electron chi connectivity index (χ1n) is 11.0. The average molecular weight is 502 g/mol. The Morgan fingerprint density at radius 1 is 1.06 bits per heavy atom. The second-order valence-corrected chi connectivity index (χ2v) is 8.34. The molecule has 0 aromatic carbocycles. The van der Waals surface area contributed by atoms with Crippen LogP contribution in [-0.4, -0.2) is 44.1 Å². The molecule has 4 aromatic rings. The summed E-state index contributed by atoms with van der Waals surface area (Å²) in [4.78, 5) is 22.1. The smallest absolute Gasteiger partial charge is 0.354 e. The molecule has 0 bridgehead atoms. The Morgan fingerprint density at radius 2 is 1.89 bits per heavy atom. The second-order valence-electron chi connectivity index (χ2n) is 8.34. The zero-order chi connectivity index (χ0) is 25.4. The van der Waals surface area contributed by atoms with E-state index >= 15 is 0 Å². The van der Waals surface area contributed by atoms with Crippen LogP contribution in [0.1, 0.15) is 18.4 Å². The van der Waals surface area contributed by atoms with Gasteiger partial charge in [-0.1, -0.05) is 0 Å². The monoisotopic (exact) mass is 502 g/mol. The molecule has 8 nitrogen and oxygen atoms in total. The molecular formula is C23H19F5N8. The minimum atomic E-state index is -4.66. The molecule has 5 heterocycles. The first kappa shape index (κ1) is 23.7. The predicted molar refractivity (Wildman–Crippen MR) is 122 cm³/mol. The molecule has 13 heteroatoms. The number of hydrogen-bond donors (Lipinski definition) is 2. The Balaban J connectivity index is 1.62. The van der Waals surface area contributed by atoms with E-state index in [0.29, 0.717) is 31.1 Å². The average Bonchev–Trinajstić information content (AvgIpc) is 2.84. The summed E-state index contributed by atoms with van der Waals surface area (Å²) in [6.45, 7) is 0.821. The van der Waals surface area contributed by atoms with E-state index in [1.54, 1.807) is 11.0 Å². The van der Waals surface area contributed by atoms with Gasteiger partial charge >= 0.3 is 6.18 Å². The van der Waals surface area contributed by atoms with E-state index < -0.39 is 23.4 Å². The van der Waals surface area contributed by atoms with E-state index in [4.69, 9.17) is 5.73 Å². The molecule has 4 aromatic heterocycles. The molecule has 1 aliphatic rings. The highest BCUT2D eigenvalue weighted by molar-refractivity contribution is 5.94. The molecular weight excluding hydrogens is 483 g/mol. The number of nitrogens with one attached hydrogen (secondary N) is 1. The third kappa shape index (κ3) is 4.73. The number of alkyl halides is 3. The fourth-order valence-electron chi connectivity index (χ4n) is 4.11. The summed E-state index contributed by atoms with van der Waals surface area (Å²) in [6, 6.07) is 3.51. The van der Waals surface area contributed by atoms with E-state index in [1.165, 1.54) is 18.5 Å². The van der Waals surface area contributed by atoms with Crippen molar-refractivity contribution in [3.05, 3.63) is 60.2 Å². The lowest BCUT2D eigenvalue weighted by Gasteiger charge is -2.33. The number of anilines is 3. The summed E-state index contributed by atoms with van der Waals surface area (Å²) >= 11 is 0.